The molecule has 2 aromatic heterocycles. The van der Waals surface area contributed by atoms with Gasteiger partial charge in [0.1, 0.15) is 0 Å². The molecule has 0 spiro atoms. The molecule has 0 aliphatic heterocycles. The van der Waals surface area contributed by atoms with Gasteiger partial charge in [-0.25, -0.2) is 13.6 Å². The van der Waals surface area contributed by atoms with E-state index >= 15 is 0 Å². The molecular weight excluding hydrogens is 300 g/mol. The van der Waals surface area contributed by atoms with Crippen LogP contribution in [0, 0.1) is 0 Å². The lowest BCUT2D eigenvalue weighted by molar-refractivity contribution is 0.598. The molecule has 1 aromatic carbocycles. The maximum atomic E-state index is 11.5. The lowest BCUT2D eigenvalue weighted by atomic mass is 10.1. The molecule has 22 heavy (non-hydrogen) atoms. The number of hydrogen-bond acceptors (Lipinski definition) is 4. The van der Waals surface area contributed by atoms with Gasteiger partial charge >= 0.3 is 0 Å². The lowest BCUT2D eigenvalue weighted by Crippen LogP contribution is -2.12. The molecule has 2 heterocycles. The average molecular weight is 314 g/mol. The molecule has 0 bridgehead atoms. The molecular formula is C15H14N4O2S. The van der Waals surface area contributed by atoms with Gasteiger partial charge in [0.15, 0.2) is 0 Å². The number of nitrogens with two attached hydrogens (primary N) is 1. The van der Waals surface area contributed by atoms with Crippen molar-refractivity contribution in [2.75, 3.05) is 0 Å². The molecule has 0 atom stereocenters. The first-order valence-electron chi connectivity index (χ1n) is 6.53. The van der Waals surface area contributed by atoms with Crippen molar-refractivity contribution in [3.63, 3.8) is 0 Å². The van der Waals surface area contributed by atoms with Crippen molar-refractivity contribution < 1.29 is 8.42 Å². The smallest absolute Gasteiger partial charge is 0.238 e. The van der Waals surface area contributed by atoms with Crippen LogP contribution in [-0.4, -0.2) is 23.2 Å². The van der Waals surface area contributed by atoms with E-state index in [-0.39, 0.29) is 4.90 Å². The fraction of sp³-hybridized carbons (Fsp3) is 0.0667. The zero-order valence-electron chi connectivity index (χ0n) is 11.8. The van der Waals surface area contributed by atoms with E-state index in [0.29, 0.717) is 0 Å². The quantitative estimate of drug-likeness (QED) is 0.798. The lowest BCUT2D eigenvalue weighted by Gasteiger charge is -2.04. The van der Waals surface area contributed by atoms with E-state index in [4.69, 9.17) is 5.14 Å². The van der Waals surface area contributed by atoms with Crippen LogP contribution in [0.15, 0.2) is 59.8 Å². The van der Waals surface area contributed by atoms with Crippen LogP contribution >= 0.6 is 0 Å². The maximum Gasteiger partial charge on any atom is 0.238 e. The summed E-state index contributed by atoms with van der Waals surface area (Å²) in [6, 6.07) is 12.1. The predicted molar refractivity (Wildman–Crippen MR) is 83.2 cm³/mol. The number of nitrogens with zero attached hydrogens (tertiary/aromatic N) is 3. The van der Waals surface area contributed by atoms with Crippen molar-refractivity contribution in [2.24, 2.45) is 12.2 Å². The highest BCUT2D eigenvalue weighted by Gasteiger charge is 2.13. The van der Waals surface area contributed by atoms with Gasteiger partial charge < -0.3 is 0 Å². The Balaban J connectivity index is 2.09. The predicted octanol–water partition coefficient (Wildman–Crippen LogP) is 1.80. The third kappa shape index (κ3) is 2.76. The van der Waals surface area contributed by atoms with Crippen LogP contribution in [-0.2, 0) is 17.1 Å². The van der Waals surface area contributed by atoms with Crippen LogP contribution in [0.2, 0.25) is 0 Å². The molecule has 0 saturated heterocycles. The Morgan fingerprint density at radius 3 is 2.55 bits per heavy atom. The van der Waals surface area contributed by atoms with Crippen molar-refractivity contribution in [1.82, 2.24) is 14.8 Å². The number of rotatable bonds is 3. The van der Waals surface area contributed by atoms with Crippen LogP contribution in [0.3, 0.4) is 0 Å². The molecule has 2 N–H and O–H groups in total. The Labute approximate surface area is 128 Å². The Morgan fingerprint density at radius 1 is 1.09 bits per heavy atom. The first-order chi connectivity index (χ1) is 10.4. The second-order valence-electron chi connectivity index (χ2n) is 4.85. The summed E-state index contributed by atoms with van der Waals surface area (Å²) in [5.74, 6) is 0. The van der Waals surface area contributed by atoms with Crippen molar-refractivity contribution in [3.05, 3.63) is 54.9 Å². The number of aryl methyl sites for hydroxylation is 1. The molecule has 0 aliphatic carbocycles. The standard InChI is InChI=1S/C15H14N4O2S/c1-19-15(9-14(18-19)12-5-3-7-17-10-12)11-4-2-6-13(8-11)22(16,20)21/h2-10H,1H3,(H2,16,20,21). The summed E-state index contributed by atoms with van der Waals surface area (Å²) in [4.78, 5) is 4.15. The molecule has 0 saturated carbocycles. The van der Waals surface area contributed by atoms with E-state index in [1.54, 1.807) is 36.3 Å². The second-order valence-corrected chi connectivity index (χ2v) is 6.41. The fourth-order valence-electron chi connectivity index (χ4n) is 2.23. The highest BCUT2D eigenvalue weighted by molar-refractivity contribution is 7.89. The summed E-state index contributed by atoms with van der Waals surface area (Å²) in [6.45, 7) is 0. The summed E-state index contributed by atoms with van der Waals surface area (Å²) >= 11 is 0. The first kappa shape index (κ1) is 14.4. The largest absolute Gasteiger partial charge is 0.267 e. The molecule has 3 rings (SSSR count). The third-order valence-electron chi connectivity index (χ3n) is 3.30. The minimum Gasteiger partial charge on any atom is -0.267 e. The number of benzene rings is 1. The molecule has 0 radical (unpaired) electrons. The molecule has 0 unspecified atom stereocenters. The Kier molecular flexibility index (Phi) is 3.51. The van der Waals surface area contributed by atoms with Gasteiger partial charge in [-0.15, -0.1) is 0 Å². The Bertz CT molecular complexity index is 918. The number of hydrogen-bond donors (Lipinski definition) is 1. The topological polar surface area (TPSA) is 90.9 Å². The second kappa shape index (κ2) is 5.36. The average Bonchev–Trinajstić information content (AvgIpc) is 2.89. The minimum atomic E-state index is -3.73. The van der Waals surface area contributed by atoms with Gasteiger partial charge in [-0.1, -0.05) is 12.1 Å². The van der Waals surface area contributed by atoms with Crippen LogP contribution in [0.1, 0.15) is 0 Å². The van der Waals surface area contributed by atoms with Crippen LogP contribution < -0.4 is 5.14 Å². The molecule has 0 aliphatic rings. The maximum absolute atomic E-state index is 11.5. The van der Waals surface area contributed by atoms with E-state index in [1.807, 2.05) is 24.3 Å². The number of primary sulfonamides is 1. The third-order valence-corrected chi connectivity index (χ3v) is 4.21. The van der Waals surface area contributed by atoms with E-state index < -0.39 is 10.0 Å². The normalized spacial score (nSPS) is 11.5. The zero-order valence-corrected chi connectivity index (χ0v) is 12.7. The fourth-order valence-corrected chi connectivity index (χ4v) is 2.78. The van der Waals surface area contributed by atoms with Gasteiger partial charge in [0.25, 0.3) is 0 Å². The van der Waals surface area contributed by atoms with Crippen molar-refractivity contribution in [1.29, 1.82) is 0 Å². The number of sulfonamides is 1. The monoisotopic (exact) mass is 314 g/mol. The number of aromatic nitrogens is 3. The highest BCUT2D eigenvalue weighted by Crippen LogP contribution is 2.26. The van der Waals surface area contributed by atoms with Gasteiger partial charge in [0.05, 0.1) is 16.3 Å². The van der Waals surface area contributed by atoms with Gasteiger partial charge in [-0.05, 0) is 30.3 Å². The van der Waals surface area contributed by atoms with Gasteiger partial charge in [-0.3, -0.25) is 9.67 Å². The van der Waals surface area contributed by atoms with Gasteiger partial charge in [0, 0.05) is 30.6 Å². The van der Waals surface area contributed by atoms with Crippen LogP contribution in [0.5, 0.6) is 0 Å². The Morgan fingerprint density at radius 2 is 1.86 bits per heavy atom. The molecule has 0 amide bonds. The van der Waals surface area contributed by atoms with Gasteiger partial charge in [0.2, 0.25) is 10.0 Å². The van der Waals surface area contributed by atoms with Crippen molar-refractivity contribution in [2.45, 2.75) is 4.90 Å². The molecule has 3 aromatic rings. The van der Waals surface area contributed by atoms with Crippen molar-refractivity contribution >= 4 is 10.0 Å². The molecule has 112 valence electrons. The molecule has 7 heteroatoms. The van der Waals surface area contributed by atoms with E-state index in [9.17, 15) is 8.42 Å². The van der Waals surface area contributed by atoms with E-state index in [0.717, 1.165) is 22.5 Å². The summed E-state index contributed by atoms with van der Waals surface area (Å²) < 4.78 is 24.6. The number of pyridine rings is 1. The molecule has 6 nitrogen and oxygen atoms in total. The van der Waals surface area contributed by atoms with Crippen LogP contribution in [0.25, 0.3) is 22.5 Å². The van der Waals surface area contributed by atoms with E-state index in [2.05, 4.69) is 10.1 Å². The molecule has 0 fully saturated rings. The Hall–Kier alpha value is -2.51. The van der Waals surface area contributed by atoms with E-state index in [1.165, 1.54) is 6.07 Å². The minimum absolute atomic E-state index is 0.0779. The summed E-state index contributed by atoms with van der Waals surface area (Å²) in [5, 5.41) is 9.62. The SMILES string of the molecule is Cn1nc(-c2cccnc2)cc1-c1cccc(S(N)(=O)=O)c1. The first-order valence-corrected chi connectivity index (χ1v) is 8.07. The van der Waals surface area contributed by atoms with Crippen LogP contribution in [0.4, 0.5) is 0 Å². The summed E-state index contributed by atoms with van der Waals surface area (Å²) in [6.07, 6.45) is 3.43. The summed E-state index contributed by atoms with van der Waals surface area (Å²) in [5.41, 5.74) is 3.19. The highest BCUT2D eigenvalue weighted by atomic mass is 32.2. The zero-order chi connectivity index (χ0) is 15.7. The van der Waals surface area contributed by atoms with Gasteiger partial charge in [-0.2, -0.15) is 5.10 Å². The van der Waals surface area contributed by atoms with Crippen molar-refractivity contribution in [3.8, 4) is 22.5 Å². The summed E-state index contributed by atoms with van der Waals surface area (Å²) in [7, 11) is -1.93.